The Balaban J connectivity index is 1.91. The zero-order valence-corrected chi connectivity index (χ0v) is 11.7. The molecule has 0 radical (unpaired) electrons. The second-order valence-electron chi connectivity index (χ2n) is 4.96. The second kappa shape index (κ2) is 5.80. The summed E-state index contributed by atoms with van der Waals surface area (Å²) in [6, 6.07) is 0. The molecule has 100 valence electrons. The lowest BCUT2D eigenvalue weighted by Crippen LogP contribution is -2.43. The van der Waals surface area contributed by atoms with Crippen LogP contribution in [-0.4, -0.2) is 17.4 Å². The standard InChI is InChI=1S/C13H21N3OS/c1-2-11-16-10(8-18-11)7-15-12(17)13(9-14)5-3-4-6-13/h8H,2-7,9,14H2,1H3,(H,15,17). The van der Waals surface area contributed by atoms with Crippen molar-refractivity contribution in [2.75, 3.05) is 6.54 Å². The van der Waals surface area contributed by atoms with Crippen LogP contribution in [0.15, 0.2) is 5.38 Å². The molecule has 1 heterocycles. The molecule has 5 heteroatoms. The first-order valence-electron chi connectivity index (χ1n) is 6.62. The van der Waals surface area contributed by atoms with Crippen LogP contribution in [0.3, 0.4) is 0 Å². The lowest BCUT2D eigenvalue weighted by molar-refractivity contribution is -0.130. The van der Waals surface area contributed by atoms with Gasteiger partial charge in [-0.05, 0) is 19.3 Å². The Hall–Kier alpha value is -0.940. The smallest absolute Gasteiger partial charge is 0.227 e. The molecule has 1 fully saturated rings. The van der Waals surface area contributed by atoms with Gasteiger partial charge in [0.2, 0.25) is 5.91 Å². The van der Waals surface area contributed by atoms with Crippen LogP contribution in [0.5, 0.6) is 0 Å². The zero-order chi connectivity index (χ0) is 13.0. The van der Waals surface area contributed by atoms with Crippen LogP contribution in [0.2, 0.25) is 0 Å². The summed E-state index contributed by atoms with van der Waals surface area (Å²) in [5.41, 5.74) is 6.43. The average molecular weight is 267 g/mol. The van der Waals surface area contributed by atoms with E-state index in [-0.39, 0.29) is 11.3 Å². The second-order valence-corrected chi connectivity index (χ2v) is 5.90. The van der Waals surface area contributed by atoms with E-state index in [4.69, 9.17) is 5.73 Å². The Morgan fingerprint density at radius 3 is 2.83 bits per heavy atom. The highest BCUT2D eigenvalue weighted by molar-refractivity contribution is 7.09. The topological polar surface area (TPSA) is 68.0 Å². The molecule has 3 N–H and O–H groups in total. The SMILES string of the molecule is CCc1nc(CNC(=O)C2(CN)CCCC2)cs1. The third-order valence-corrected chi connectivity index (χ3v) is 4.81. The van der Waals surface area contributed by atoms with Gasteiger partial charge in [0.15, 0.2) is 0 Å². The molecule has 0 aliphatic heterocycles. The molecular formula is C13H21N3OS. The van der Waals surface area contributed by atoms with E-state index >= 15 is 0 Å². The number of rotatable bonds is 5. The maximum atomic E-state index is 12.2. The number of nitrogens with two attached hydrogens (primary N) is 1. The van der Waals surface area contributed by atoms with E-state index in [2.05, 4.69) is 17.2 Å². The van der Waals surface area contributed by atoms with Crippen LogP contribution in [0.4, 0.5) is 0 Å². The minimum absolute atomic E-state index is 0.105. The minimum atomic E-state index is -0.316. The Bertz CT molecular complexity index is 410. The first kappa shape index (κ1) is 13.5. The van der Waals surface area contributed by atoms with Crippen molar-refractivity contribution in [3.63, 3.8) is 0 Å². The number of carbonyl (C=O) groups is 1. The maximum absolute atomic E-state index is 12.2. The molecule has 18 heavy (non-hydrogen) atoms. The third-order valence-electron chi connectivity index (χ3n) is 3.76. The summed E-state index contributed by atoms with van der Waals surface area (Å²) in [6.45, 7) is 3.07. The van der Waals surface area contributed by atoms with Crippen molar-refractivity contribution in [3.8, 4) is 0 Å². The lowest BCUT2D eigenvalue weighted by atomic mass is 9.85. The summed E-state index contributed by atoms with van der Waals surface area (Å²) in [6.07, 6.45) is 5.02. The molecule has 1 aliphatic carbocycles. The van der Waals surface area contributed by atoms with E-state index in [9.17, 15) is 4.79 Å². The van der Waals surface area contributed by atoms with E-state index in [1.54, 1.807) is 11.3 Å². The Morgan fingerprint density at radius 1 is 1.56 bits per heavy atom. The number of nitrogens with zero attached hydrogens (tertiary/aromatic N) is 1. The molecule has 1 amide bonds. The summed E-state index contributed by atoms with van der Waals surface area (Å²) in [4.78, 5) is 16.7. The van der Waals surface area contributed by atoms with Gasteiger partial charge in [0.05, 0.1) is 22.7 Å². The lowest BCUT2D eigenvalue weighted by Gasteiger charge is -2.25. The molecule has 2 rings (SSSR count). The quantitative estimate of drug-likeness (QED) is 0.855. The van der Waals surface area contributed by atoms with Crippen LogP contribution in [0.25, 0.3) is 0 Å². The Morgan fingerprint density at radius 2 is 2.28 bits per heavy atom. The molecule has 1 saturated carbocycles. The van der Waals surface area contributed by atoms with Gasteiger partial charge in [0.25, 0.3) is 0 Å². The molecule has 4 nitrogen and oxygen atoms in total. The van der Waals surface area contributed by atoms with Crippen molar-refractivity contribution in [2.45, 2.75) is 45.6 Å². The van der Waals surface area contributed by atoms with Crippen molar-refractivity contribution in [1.82, 2.24) is 10.3 Å². The van der Waals surface area contributed by atoms with Crippen LogP contribution < -0.4 is 11.1 Å². The van der Waals surface area contributed by atoms with Gasteiger partial charge in [-0.1, -0.05) is 19.8 Å². The van der Waals surface area contributed by atoms with Gasteiger partial charge in [0, 0.05) is 11.9 Å². The molecule has 0 aromatic carbocycles. The number of carbonyl (C=O) groups excluding carboxylic acids is 1. The maximum Gasteiger partial charge on any atom is 0.227 e. The number of thiazole rings is 1. The monoisotopic (exact) mass is 267 g/mol. The van der Waals surface area contributed by atoms with Gasteiger partial charge in [-0.3, -0.25) is 4.79 Å². The average Bonchev–Trinajstić information content (AvgIpc) is 3.05. The summed E-state index contributed by atoms with van der Waals surface area (Å²) in [5, 5.41) is 6.13. The van der Waals surface area contributed by atoms with Crippen LogP contribution in [-0.2, 0) is 17.8 Å². The number of amides is 1. The number of hydrogen-bond donors (Lipinski definition) is 2. The molecule has 0 unspecified atom stereocenters. The van der Waals surface area contributed by atoms with E-state index in [1.165, 1.54) is 0 Å². The highest BCUT2D eigenvalue weighted by Gasteiger charge is 2.39. The highest BCUT2D eigenvalue weighted by Crippen LogP contribution is 2.37. The van der Waals surface area contributed by atoms with Crippen LogP contribution in [0, 0.1) is 5.41 Å². The van der Waals surface area contributed by atoms with Crippen molar-refractivity contribution in [1.29, 1.82) is 0 Å². The molecular weight excluding hydrogens is 246 g/mol. The van der Waals surface area contributed by atoms with E-state index < -0.39 is 0 Å². The van der Waals surface area contributed by atoms with E-state index in [0.717, 1.165) is 42.8 Å². The first-order chi connectivity index (χ1) is 8.70. The normalized spacial score (nSPS) is 17.9. The summed E-state index contributed by atoms with van der Waals surface area (Å²) in [7, 11) is 0. The molecule has 0 atom stereocenters. The van der Waals surface area contributed by atoms with Gasteiger partial charge in [-0.2, -0.15) is 0 Å². The first-order valence-corrected chi connectivity index (χ1v) is 7.50. The molecule has 0 saturated heterocycles. The fourth-order valence-corrected chi connectivity index (χ4v) is 3.27. The molecule has 0 bridgehead atoms. The summed E-state index contributed by atoms with van der Waals surface area (Å²) < 4.78 is 0. The number of hydrogen-bond acceptors (Lipinski definition) is 4. The number of nitrogens with one attached hydrogen (secondary N) is 1. The van der Waals surface area contributed by atoms with Crippen LogP contribution >= 0.6 is 11.3 Å². The van der Waals surface area contributed by atoms with Crippen molar-refractivity contribution < 1.29 is 4.79 Å². The van der Waals surface area contributed by atoms with E-state index in [1.807, 2.05) is 5.38 Å². The van der Waals surface area contributed by atoms with Gasteiger partial charge in [-0.15, -0.1) is 11.3 Å². The summed E-state index contributed by atoms with van der Waals surface area (Å²) >= 11 is 1.65. The van der Waals surface area contributed by atoms with Gasteiger partial charge in [0.1, 0.15) is 0 Å². The molecule has 1 aromatic heterocycles. The Labute approximate surface area is 112 Å². The van der Waals surface area contributed by atoms with Crippen molar-refractivity contribution in [2.24, 2.45) is 11.1 Å². The number of aromatic nitrogens is 1. The fraction of sp³-hybridized carbons (Fsp3) is 0.692. The zero-order valence-electron chi connectivity index (χ0n) is 10.9. The van der Waals surface area contributed by atoms with Crippen molar-refractivity contribution >= 4 is 17.2 Å². The largest absolute Gasteiger partial charge is 0.350 e. The number of aryl methyl sites for hydroxylation is 1. The van der Waals surface area contributed by atoms with Crippen molar-refractivity contribution in [3.05, 3.63) is 16.1 Å². The summed E-state index contributed by atoms with van der Waals surface area (Å²) in [5.74, 6) is 0.105. The third kappa shape index (κ3) is 2.72. The van der Waals surface area contributed by atoms with Gasteiger partial charge < -0.3 is 11.1 Å². The fourth-order valence-electron chi connectivity index (χ4n) is 2.53. The predicted octanol–water partition coefficient (Wildman–Crippen LogP) is 1.84. The van der Waals surface area contributed by atoms with Gasteiger partial charge in [-0.25, -0.2) is 4.98 Å². The minimum Gasteiger partial charge on any atom is -0.350 e. The highest BCUT2D eigenvalue weighted by atomic mass is 32.1. The molecule has 1 aromatic rings. The predicted molar refractivity (Wildman–Crippen MR) is 73.3 cm³/mol. The van der Waals surface area contributed by atoms with Gasteiger partial charge >= 0.3 is 0 Å². The molecule has 0 spiro atoms. The van der Waals surface area contributed by atoms with Crippen LogP contribution in [0.1, 0.15) is 43.3 Å². The molecule has 1 aliphatic rings. The Kier molecular flexibility index (Phi) is 4.35. The van der Waals surface area contributed by atoms with E-state index in [0.29, 0.717) is 13.1 Å².